The number of cyclic esters (lactones) is 1. The first-order valence-corrected chi connectivity index (χ1v) is 4.64. The Morgan fingerprint density at radius 1 is 1.54 bits per heavy atom. The highest BCUT2D eigenvalue weighted by Gasteiger charge is 2.49. The third-order valence-electron chi connectivity index (χ3n) is 2.72. The third-order valence-corrected chi connectivity index (χ3v) is 2.72. The van der Waals surface area contributed by atoms with Crippen molar-refractivity contribution in [3.63, 3.8) is 0 Å². The number of amides is 1. The van der Waals surface area contributed by atoms with Crippen LogP contribution < -0.4 is 5.32 Å². The second kappa shape index (κ2) is 2.72. The van der Waals surface area contributed by atoms with Gasteiger partial charge in [0.05, 0.1) is 0 Å². The van der Waals surface area contributed by atoms with Gasteiger partial charge in [0, 0.05) is 12.8 Å². The number of esters is 1. The van der Waals surface area contributed by atoms with Gasteiger partial charge in [0.15, 0.2) is 0 Å². The highest BCUT2D eigenvalue weighted by atomic mass is 16.6. The van der Waals surface area contributed by atoms with Crippen LogP contribution in [0.3, 0.4) is 0 Å². The number of carbonyl (C=O) groups excluding carboxylic acids is 2. The van der Waals surface area contributed by atoms with Crippen LogP contribution in [-0.2, 0) is 14.3 Å². The lowest BCUT2D eigenvalue weighted by atomic mass is 9.86. The van der Waals surface area contributed by atoms with Crippen LogP contribution in [0.1, 0.15) is 32.6 Å². The Morgan fingerprint density at radius 2 is 2.31 bits per heavy atom. The average molecular weight is 183 g/mol. The molecule has 0 saturated carbocycles. The highest BCUT2D eigenvalue weighted by molar-refractivity contribution is 5.90. The summed E-state index contributed by atoms with van der Waals surface area (Å²) in [6.45, 7) is 1.85. The zero-order valence-electron chi connectivity index (χ0n) is 7.63. The average Bonchev–Trinajstić information content (AvgIpc) is 2.26. The molecule has 2 aliphatic heterocycles. The van der Waals surface area contributed by atoms with E-state index in [9.17, 15) is 9.59 Å². The molecule has 72 valence electrons. The lowest BCUT2D eigenvalue weighted by molar-refractivity contribution is -0.149. The molecule has 4 nitrogen and oxygen atoms in total. The molecule has 2 fully saturated rings. The Kier molecular flexibility index (Phi) is 1.78. The van der Waals surface area contributed by atoms with E-state index in [0.717, 1.165) is 12.8 Å². The molecule has 1 N–H and O–H groups in total. The van der Waals surface area contributed by atoms with Crippen molar-refractivity contribution in [2.24, 2.45) is 0 Å². The summed E-state index contributed by atoms with van der Waals surface area (Å²) in [6, 6.07) is 0. The van der Waals surface area contributed by atoms with Gasteiger partial charge in [-0.25, -0.2) is 4.79 Å². The Balaban J connectivity index is 2.19. The maximum Gasteiger partial charge on any atom is 0.332 e. The van der Waals surface area contributed by atoms with E-state index in [1.807, 2.05) is 6.92 Å². The molecule has 2 heterocycles. The molecule has 13 heavy (non-hydrogen) atoms. The van der Waals surface area contributed by atoms with Crippen molar-refractivity contribution < 1.29 is 14.3 Å². The molecule has 0 aliphatic carbocycles. The lowest BCUT2D eigenvalue weighted by Crippen LogP contribution is -2.54. The minimum absolute atomic E-state index is 0.0303. The van der Waals surface area contributed by atoms with Crippen molar-refractivity contribution >= 4 is 11.9 Å². The summed E-state index contributed by atoms with van der Waals surface area (Å²) in [4.78, 5) is 22.6. The van der Waals surface area contributed by atoms with Gasteiger partial charge in [-0.1, -0.05) is 0 Å². The Hall–Kier alpha value is -1.06. The highest BCUT2D eigenvalue weighted by Crippen LogP contribution is 2.32. The van der Waals surface area contributed by atoms with E-state index < -0.39 is 5.54 Å². The maximum absolute atomic E-state index is 11.5. The summed E-state index contributed by atoms with van der Waals surface area (Å²) in [5.41, 5.74) is -0.686. The van der Waals surface area contributed by atoms with Crippen molar-refractivity contribution in [2.75, 3.05) is 0 Å². The molecule has 2 atom stereocenters. The molecule has 2 rings (SSSR count). The molecular weight excluding hydrogens is 170 g/mol. The smallest absolute Gasteiger partial charge is 0.332 e. The van der Waals surface area contributed by atoms with E-state index in [1.165, 1.54) is 0 Å². The zero-order chi connectivity index (χ0) is 9.47. The number of rotatable bonds is 0. The summed E-state index contributed by atoms with van der Waals surface area (Å²) >= 11 is 0. The monoisotopic (exact) mass is 183 g/mol. The SMILES string of the molecule is CC1CC2(CCCC(=O)N2)C(=O)O1. The van der Waals surface area contributed by atoms with Crippen molar-refractivity contribution in [1.29, 1.82) is 0 Å². The number of hydrogen-bond acceptors (Lipinski definition) is 3. The van der Waals surface area contributed by atoms with E-state index >= 15 is 0 Å². The number of piperidine rings is 1. The van der Waals surface area contributed by atoms with E-state index in [0.29, 0.717) is 12.8 Å². The standard InChI is InChI=1S/C9H13NO3/c1-6-5-9(8(12)13-6)4-2-3-7(11)10-9/h6H,2-5H2,1H3,(H,10,11). The largest absolute Gasteiger partial charge is 0.461 e. The van der Waals surface area contributed by atoms with Crippen molar-refractivity contribution in [2.45, 2.75) is 44.2 Å². The topological polar surface area (TPSA) is 55.4 Å². The second-order valence-electron chi connectivity index (χ2n) is 3.90. The van der Waals surface area contributed by atoms with Gasteiger partial charge >= 0.3 is 5.97 Å². The molecule has 1 spiro atoms. The predicted octanol–water partition coefficient (Wildman–Crippen LogP) is 0.361. The normalized spacial score (nSPS) is 39.0. The van der Waals surface area contributed by atoms with E-state index in [4.69, 9.17) is 4.74 Å². The van der Waals surface area contributed by atoms with Crippen molar-refractivity contribution in [1.82, 2.24) is 5.32 Å². The van der Waals surface area contributed by atoms with Crippen LogP contribution in [0, 0.1) is 0 Å². The van der Waals surface area contributed by atoms with Gasteiger partial charge in [-0.3, -0.25) is 4.79 Å². The summed E-state index contributed by atoms with van der Waals surface area (Å²) in [5.74, 6) is -0.287. The Bertz CT molecular complexity index is 264. The molecule has 0 aromatic rings. The molecule has 0 radical (unpaired) electrons. The molecular formula is C9H13NO3. The molecule has 1 amide bonds. The minimum atomic E-state index is -0.686. The summed E-state index contributed by atoms with van der Waals surface area (Å²) in [5, 5.41) is 2.76. The number of ether oxygens (including phenoxy) is 1. The second-order valence-corrected chi connectivity index (χ2v) is 3.90. The van der Waals surface area contributed by atoms with Gasteiger partial charge in [0.1, 0.15) is 11.6 Å². The van der Waals surface area contributed by atoms with Crippen LogP contribution in [-0.4, -0.2) is 23.5 Å². The van der Waals surface area contributed by atoms with Crippen molar-refractivity contribution in [3.05, 3.63) is 0 Å². The quantitative estimate of drug-likeness (QED) is 0.552. The molecule has 2 saturated heterocycles. The van der Waals surface area contributed by atoms with Gasteiger partial charge in [0.2, 0.25) is 5.91 Å². The van der Waals surface area contributed by atoms with Crippen LogP contribution in [0.4, 0.5) is 0 Å². The third kappa shape index (κ3) is 1.30. The first-order chi connectivity index (χ1) is 6.12. The van der Waals surface area contributed by atoms with E-state index in [1.54, 1.807) is 0 Å². The predicted molar refractivity (Wildman–Crippen MR) is 44.9 cm³/mol. The van der Waals surface area contributed by atoms with Gasteiger partial charge in [0.25, 0.3) is 0 Å². The maximum atomic E-state index is 11.5. The minimum Gasteiger partial charge on any atom is -0.461 e. The first-order valence-electron chi connectivity index (χ1n) is 4.64. The van der Waals surface area contributed by atoms with Gasteiger partial charge < -0.3 is 10.1 Å². The molecule has 0 aromatic heterocycles. The van der Waals surface area contributed by atoms with Crippen molar-refractivity contribution in [3.8, 4) is 0 Å². The number of carbonyl (C=O) groups is 2. The van der Waals surface area contributed by atoms with Gasteiger partial charge in [-0.15, -0.1) is 0 Å². The van der Waals surface area contributed by atoms with Crippen LogP contribution in [0.15, 0.2) is 0 Å². The Labute approximate surface area is 76.6 Å². The van der Waals surface area contributed by atoms with Gasteiger partial charge in [-0.2, -0.15) is 0 Å². The fourth-order valence-electron chi connectivity index (χ4n) is 2.16. The number of nitrogens with one attached hydrogen (secondary N) is 1. The molecule has 4 heteroatoms. The van der Waals surface area contributed by atoms with Crippen LogP contribution in [0.2, 0.25) is 0 Å². The van der Waals surface area contributed by atoms with E-state index in [-0.39, 0.29) is 18.0 Å². The Morgan fingerprint density at radius 3 is 2.85 bits per heavy atom. The molecule has 0 aromatic carbocycles. The van der Waals surface area contributed by atoms with Crippen LogP contribution in [0.5, 0.6) is 0 Å². The summed E-state index contributed by atoms with van der Waals surface area (Å²) in [7, 11) is 0. The fraction of sp³-hybridized carbons (Fsp3) is 0.778. The van der Waals surface area contributed by atoms with Gasteiger partial charge in [-0.05, 0) is 19.8 Å². The molecule has 0 bridgehead atoms. The van der Waals surface area contributed by atoms with E-state index in [2.05, 4.69) is 5.32 Å². The number of hydrogen-bond donors (Lipinski definition) is 1. The lowest BCUT2D eigenvalue weighted by Gasteiger charge is -2.30. The molecule has 2 aliphatic rings. The zero-order valence-corrected chi connectivity index (χ0v) is 7.63. The van der Waals surface area contributed by atoms with Crippen LogP contribution in [0.25, 0.3) is 0 Å². The molecule has 2 unspecified atom stereocenters. The van der Waals surface area contributed by atoms with Crippen LogP contribution >= 0.6 is 0 Å². The first kappa shape index (κ1) is 8.53. The fourth-order valence-corrected chi connectivity index (χ4v) is 2.16. The summed E-state index contributed by atoms with van der Waals surface area (Å²) in [6.07, 6.45) is 2.60. The summed E-state index contributed by atoms with van der Waals surface area (Å²) < 4.78 is 5.05.